The summed E-state index contributed by atoms with van der Waals surface area (Å²) in [5.41, 5.74) is 0.363. The molecule has 0 saturated carbocycles. The molecule has 20 heavy (non-hydrogen) atoms. The van der Waals surface area contributed by atoms with Crippen LogP contribution in [0.2, 0.25) is 0 Å². The molecule has 0 spiro atoms. The maximum absolute atomic E-state index is 11.0. The van der Waals surface area contributed by atoms with Crippen molar-refractivity contribution in [3.05, 3.63) is 56.8 Å². The fourth-order valence-corrected chi connectivity index (χ4v) is 1.89. The number of nitro benzene ring substituents is 1. The topological polar surface area (TPSA) is 85.5 Å². The summed E-state index contributed by atoms with van der Waals surface area (Å²) in [5, 5.41) is 20.3. The molecule has 0 aliphatic carbocycles. The van der Waals surface area contributed by atoms with Crippen LogP contribution in [0.25, 0.3) is 0 Å². The Balaban J connectivity index is 2.28. The maximum Gasteiger partial charge on any atom is 0.312 e. The minimum absolute atomic E-state index is 0.129. The smallest absolute Gasteiger partial charge is 0.312 e. The molecule has 2 rings (SSSR count). The van der Waals surface area contributed by atoms with Gasteiger partial charge in [-0.05, 0) is 31.2 Å². The predicted octanol–water partition coefficient (Wildman–Crippen LogP) is 3.60. The van der Waals surface area contributed by atoms with Crippen molar-refractivity contribution in [3.63, 3.8) is 0 Å². The van der Waals surface area contributed by atoms with Gasteiger partial charge in [-0.3, -0.25) is 15.1 Å². The second-order valence-corrected chi connectivity index (χ2v) is 4.98. The molecule has 0 saturated heterocycles. The lowest BCUT2D eigenvalue weighted by molar-refractivity contribution is -0.385. The van der Waals surface area contributed by atoms with Crippen molar-refractivity contribution in [2.24, 2.45) is 0 Å². The Bertz CT molecular complexity index is 629. The second-order valence-electron chi connectivity index (χ2n) is 4.07. The van der Waals surface area contributed by atoms with E-state index in [9.17, 15) is 15.2 Å². The number of halogens is 1. The molecule has 1 atom stereocenters. The number of rotatable bonds is 4. The lowest BCUT2D eigenvalue weighted by Gasteiger charge is -2.08. The molecule has 0 aliphatic heterocycles. The molecule has 1 N–H and O–H groups in total. The molecular formula is C13H11BrN2O4. The first-order valence-electron chi connectivity index (χ1n) is 5.73. The SMILES string of the molecule is C[C@@H](O)c1ccc(Oc2ccc(Br)cc2[N+](=O)[O-])cn1. The van der Waals surface area contributed by atoms with E-state index in [1.165, 1.54) is 18.3 Å². The first kappa shape index (κ1) is 14.4. The van der Waals surface area contributed by atoms with Gasteiger partial charge in [0.05, 0.1) is 22.9 Å². The molecule has 6 nitrogen and oxygen atoms in total. The number of benzene rings is 1. The monoisotopic (exact) mass is 338 g/mol. The number of hydrogen-bond acceptors (Lipinski definition) is 5. The fraction of sp³-hybridized carbons (Fsp3) is 0.154. The van der Waals surface area contributed by atoms with Crippen molar-refractivity contribution in [2.75, 3.05) is 0 Å². The quantitative estimate of drug-likeness (QED) is 0.679. The molecule has 1 heterocycles. The molecule has 0 fully saturated rings. The van der Waals surface area contributed by atoms with Gasteiger partial charge in [0.25, 0.3) is 0 Å². The number of aliphatic hydroxyl groups excluding tert-OH is 1. The van der Waals surface area contributed by atoms with Crippen LogP contribution in [0.3, 0.4) is 0 Å². The van der Waals surface area contributed by atoms with Crippen LogP contribution in [-0.2, 0) is 0 Å². The predicted molar refractivity (Wildman–Crippen MR) is 75.7 cm³/mol. The third kappa shape index (κ3) is 3.31. The molecule has 0 bridgehead atoms. The zero-order chi connectivity index (χ0) is 14.7. The van der Waals surface area contributed by atoms with E-state index in [1.807, 2.05) is 0 Å². The van der Waals surface area contributed by atoms with Gasteiger partial charge in [0.2, 0.25) is 5.75 Å². The summed E-state index contributed by atoms with van der Waals surface area (Å²) in [7, 11) is 0. The van der Waals surface area contributed by atoms with Crippen molar-refractivity contribution in [1.82, 2.24) is 4.98 Å². The van der Waals surface area contributed by atoms with Crippen molar-refractivity contribution >= 4 is 21.6 Å². The van der Waals surface area contributed by atoms with E-state index in [0.717, 1.165) is 0 Å². The Hall–Kier alpha value is -1.99. The largest absolute Gasteiger partial charge is 0.449 e. The number of ether oxygens (including phenoxy) is 1. The summed E-state index contributed by atoms with van der Waals surface area (Å²) in [5.74, 6) is 0.490. The highest BCUT2D eigenvalue weighted by Crippen LogP contribution is 2.33. The molecule has 0 unspecified atom stereocenters. The van der Waals surface area contributed by atoms with E-state index in [4.69, 9.17) is 4.74 Å². The molecule has 7 heteroatoms. The van der Waals surface area contributed by atoms with E-state index >= 15 is 0 Å². The number of nitrogens with zero attached hydrogens (tertiary/aromatic N) is 2. The third-order valence-electron chi connectivity index (χ3n) is 2.53. The summed E-state index contributed by atoms with van der Waals surface area (Å²) in [6.45, 7) is 1.60. The summed E-state index contributed by atoms with van der Waals surface area (Å²) in [6.07, 6.45) is 0.736. The van der Waals surface area contributed by atoms with Crippen molar-refractivity contribution in [1.29, 1.82) is 0 Å². The number of aromatic nitrogens is 1. The van der Waals surface area contributed by atoms with Gasteiger partial charge >= 0.3 is 5.69 Å². The number of hydrogen-bond donors (Lipinski definition) is 1. The van der Waals surface area contributed by atoms with Gasteiger partial charge in [-0.25, -0.2) is 0 Å². The summed E-state index contributed by atoms with van der Waals surface area (Å²) >= 11 is 3.18. The summed E-state index contributed by atoms with van der Waals surface area (Å²) in [4.78, 5) is 14.5. The van der Waals surface area contributed by atoms with Crippen LogP contribution >= 0.6 is 15.9 Å². The van der Waals surface area contributed by atoms with Crippen molar-refractivity contribution in [2.45, 2.75) is 13.0 Å². The van der Waals surface area contributed by atoms with E-state index in [1.54, 1.807) is 25.1 Å². The Morgan fingerprint density at radius 1 is 1.40 bits per heavy atom. The average Bonchev–Trinajstić information content (AvgIpc) is 2.41. The van der Waals surface area contributed by atoms with Gasteiger partial charge in [0.1, 0.15) is 5.75 Å². The Labute approximate surface area is 123 Å². The minimum atomic E-state index is -0.675. The maximum atomic E-state index is 11.0. The van der Waals surface area contributed by atoms with Crippen LogP contribution in [0, 0.1) is 10.1 Å². The van der Waals surface area contributed by atoms with Gasteiger partial charge in [-0.15, -0.1) is 0 Å². The van der Waals surface area contributed by atoms with Gasteiger partial charge < -0.3 is 9.84 Å². The number of nitro groups is 1. The Morgan fingerprint density at radius 2 is 2.15 bits per heavy atom. The molecule has 0 radical (unpaired) electrons. The van der Waals surface area contributed by atoms with Crippen molar-refractivity contribution < 1.29 is 14.8 Å². The zero-order valence-corrected chi connectivity index (χ0v) is 12.1. The third-order valence-corrected chi connectivity index (χ3v) is 3.03. The van der Waals surface area contributed by atoms with E-state index in [2.05, 4.69) is 20.9 Å². The molecule has 0 amide bonds. The van der Waals surface area contributed by atoms with Crippen LogP contribution in [-0.4, -0.2) is 15.0 Å². The summed E-state index contributed by atoms with van der Waals surface area (Å²) in [6, 6.07) is 7.73. The highest BCUT2D eigenvalue weighted by molar-refractivity contribution is 9.10. The molecule has 0 aliphatic rings. The van der Waals surface area contributed by atoms with E-state index in [-0.39, 0.29) is 11.4 Å². The Kier molecular flexibility index (Phi) is 4.31. The van der Waals surface area contributed by atoms with Crippen LogP contribution in [0.4, 0.5) is 5.69 Å². The van der Waals surface area contributed by atoms with Crippen molar-refractivity contribution in [3.8, 4) is 11.5 Å². The molecular weight excluding hydrogens is 328 g/mol. The Morgan fingerprint density at radius 3 is 2.70 bits per heavy atom. The molecule has 2 aromatic rings. The second kappa shape index (κ2) is 5.98. The standard InChI is InChI=1S/C13H11BrN2O4/c1-8(17)11-4-3-10(7-15-11)20-13-5-2-9(14)6-12(13)16(18)19/h2-8,17H,1H3/t8-/m1/s1. The molecule has 104 valence electrons. The normalized spacial score (nSPS) is 11.9. The lowest BCUT2D eigenvalue weighted by Crippen LogP contribution is -1.96. The van der Waals surface area contributed by atoms with Gasteiger partial charge in [-0.1, -0.05) is 15.9 Å². The first-order valence-corrected chi connectivity index (χ1v) is 6.52. The molecule has 1 aromatic heterocycles. The number of aliphatic hydroxyl groups is 1. The summed E-state index contributed by atoms with van der Waals surface area (Å²) < 4.78 is 6.05. The van der Waals surface area contributed by atoms with Crippen LogP contribution < -0.4 is 4.74 Å². The molecule has 1 aromatic carbocycles. The number of pyridine rings is 1. The van der Waals surface area contributed by atoms with Crippen LogP contribution in [0.15, 0.2) is 41.0 Å². The van der Waals surface area contributed by atoms with E-state index < -0.39 is 11.0 Å². The van der Waals surface area contributed by atoms with Gasteiger partial charge in [-0.2, -0.15) is 0 Å². The van der Waals surface area contributed by atoms with Gasteiger partial charge in [0.15, 0.2) is 0 Å². The average molecular weight is 339 g/mol. The van der Waals surface area contributed by atoms with Crippen LogP contribution in [0.1, 0.15) is 18.7 Å². The van der Waals surface area contributed by atoms with Crippen LogP contribution in [0.5, 0.6) is 11.5 Å². The first-order chi connectivity index (χ1) is 9.47. The van der Waals surface area contributed by atoms with E-state index in [0.29, 0.717) is 15.9 Å². The fourth-order valence-electron chi connectivity index (χ4n) is 1.55. The highest BCUT2D eigenvalue weighted by Gasteiger charge is 2.16. The zero-order valence-electron chi connectivity index (χ0n) is 10.5. The lowest BCUT2D eigenvalue weighted by atomic mass is 10.2. The van der Waals surface area contributed by atoms with Gasteiger partial charge in [0, 0.05) is 10.5 Å². The minimum Gasteiger partial charge on any atom is -0.449 e. The highest BCUT2D eigenvalue weighted by atomic mass is 79.9.